The topological polar surface area (TPSA) is 16.4 Å². The highest BCUT2D eigenvalue weighted by molar-refractivity contribution is 7.25. The van der Waals surface area contributed by atoms with Gasteiger partial charge in [-0.25, -0.2) is 0 Å². The number of rotatable bonds is 3. The average Bonchev–Trinajstić information content (AvgIpc) is 4.06. The second kappa shape index (κ2) is 13.3. The number of benzene rings is 10. The molecule has 10 aromatic carbocycles. The first-order valence-corrected chi connectivity index (χ1v) is 24.1. The van der Waals surface area contributed by atoms with Crippen LogP contribution < -0.4 is 4.90 Å². The Morgan fingerprint density at radius 1 is 0.328 bits per heavy atom. The molecule has 0 saturated heterocycles. The number of nitrogens with zero attached hydrogens (tertiary/aromatic N) is 1. The molecular weight excluding hydrogens is 831 g/mol. The monoisotopic (exact) mass is 871 g/mol. The molecule has 0 N–H and O–H groups in total. The summed E-state index contributed by atoms with van der Waals surface area (Å²) in [6, 6.07) is 80.0. The molecule has 0 radical (unpaired) electrons. The first-order chi connectivity index (χ1) is 33.0. The van der Waals surface area contributed by atoms with Crippen molar-refractivity contribution in [3.05, 3.63) is 246 Å². The van der Waals surface area contributed by atoms with Crippen LogP contribution in [0.2, 0.25) is 0 Å². The summed E-state index contributed by atoms with van der Waals surface area (Å²) in [7, 11) is 0. The number of fused-ring (bicyclic) bond motifs is 21. The number of hydrogen-bond acceptors (Lipinski definition) is 3. The van der Waals surface area contributed by atoms with E-state index in [9.17, 15) is 0 Å². The fraction of sp³-hybridized carbons (Fsp3) is 0.0625. The lowest BCUT2D eigenvalue weighted by Crippen LogP contribution is -2.29. The van der Waals surface area contributed by atoms with E-state index in [0.29, 0.717) is 0 Å². The Morgan fingerprint density at radius 3 is 1.55 bits per heavy atom. The van der Waals surface area contributed by atoms with Crippen molar-refractivity contribution in [2.45, 2.75) is 24.7 Å². The fourth-order valence-electron chi connectivity index (χ4n) is 12.6. The normalized spacial score (nSPS) is 15.8. The number of anilines is 3. The predicted octanol–water partition coefficient (Wildman–Crippen LogP) is 17.7. The zero-order valence-corrected chi connectivity index (χ0v) is 37.8. The van der Waals surface area contributed by atoms with Crippen LogP contribution in [-0.4, -0.2) is 0 Å². The molecule has 2 heterocycles. The van der Waals surface area contributed by atoms with Crippen molar-refractivity contribution in [3.63, 3.8) is 0 Å². The second-order valence-corrected chi connectivity index (χ2v) is 20.2. The van der Waals surface area contributed by atoms with Crippen LogP contribution in [0.3, 0.4) is 0 Å². The molecule has 2 nitrogen and oxygen atoms in total. The molecular formula is C64H41NOS. The van der Waals surface area contributed by atoms with E-state index in [1.54, 1.807) is 0 Å². The first kappa shape index (κ1) is 37.3. The number of hydrogen-bond donors (Lipinski definition) is 0. The summed E-state index contributed by atoms with van der Waals surface area (Å²) in [5, 5.41) is 4.84. The van der Waals surface area contributed by atoms with Crippen LogP contribution in [-0.2, 0) is 10.8 Å². The standard InChI is InChI=1S/C64H41NOS/c1-63(2)53-22-10-5-18-44(53)47-31-28-39(34-56(47)63)65(38-29-32-60-51(33-38)48-20-8-13-25-59(48)66-60)40-27-30-46-42-16-4-3-15-41(42)43-17-6-11-23-54(43)64(57(46)35-40)55-24-12-7-19-45(55)50-37-62-52(36-58(50)64)49-21-9-14-26-61(49)67-62/h3-37H,1-2H3. The van der Waals surface area contributed by atoms with Gasteiger partial charge in [0.25, 0.3) is 0 Å². The predicted molar refractivity (Wildman–Crippen MR) is 281 cm³/mol. The van der Waals surface area contributed by atoms with Gasteiger partial charge >= 0.3 is 0 Å². The van der Waals surface area contributed by atoms with E-state index in [1.807, 2.05) is 11.3 Å². The molecule has 0 aliphatic heterocycles. The van der Waals surface area contributed by atoms with Crippen molar-refractivity contribution < 1.29 is 4.42 Å². The molecule has 1 spiro atoms. The molecule has 3 heteroatoms. The van der Waals surface area contributed by atoms with E-state index in [1.165, 1.54) is 98.1 Å². The summed E-state index contributed by atoms with van der Waals surface area (Å²) < 4.78 is 9.08. The molecule has 1 atom stereocenters. The van der Waals surface area contributed by atoms with Gasteiger partial charge in [-0.15, -0.1) is 11.3 Å². The lowest BCUT2D eigenvalue weighted by atomic mass is 9.65. The fourth-order valence-corrected chi connectivity index (χ4v) is 13.7. The van der Waals surface area contributed by atoms with Gasteiger partial charge in [-0.05, 0) is 145 Å². The van der Waals surface area contributed by atoms with Crippen molar-refractivity contribution in [3.8, 4) is 44.5 Å². The molecule has 0 amide bonds. The van der Waals surface area contributed by atoms with Crippen LogP contribution in [0.4, 0.5) is 17.1 Å². The van der Waals surface area contributed by atoms with E-state index in [-0.39, 0.29) is 5.41 Å². The van der Waals surface area contributed by atoms with E-state index in [4.69, 9.17) is 4.42 Å². The highest BCUT2D eigenvalue weighted by atomic mass is 32.1. The Kier molecular flexibility index (Phi) is 7.41. The minimum atomic E-state index is -0.651. The Bertz CT molecular complexity index is 4110. The Labute approximate surface area is 392 Å². The van der Waals surface area contributed by atoms with E-state index >= 15 is 0 Å². The maximum absolute atomic E-state index is 6.44. The third-order valence-corrected chi connectivity index (χ3v) is 16.6. The summed E-state index contributed by atoms with van der Waals surface area (Å²) >= 11 is 1.90. The Balaban J connectivity index is 1.06. The summed E-state index contributed by atoms with van der Waals surface area (Å²) in [5.41, 5.74) is 22.4. The van der Waals surface area contributed by atoms with E-state index in [0.717, 1.165) is 39.0 Å². The highest BCUT2D eigenvalue weighted by Crippen LogP contribution is 2.63. The molecule has 2 aromatic heterocycles. The minimum Gasteiger partial charge on any atom is -0.456 e. The van der Waals surface area contributed by atoms with Gasteiger partial charge in [0.15, 0.2) is 0 Å². The zero-order chi connectivity index (χ0) is 44.2. The van der Waals surface area contributed by atoms with E-state index in [2.05, 4.69) is 231 Å². The van der Waals surface area contributed by atoms with Gasteiger partial charge in [0.1, 0.15) is 11.2 Å². The Morgan fingerprint density at radius 2 is 0.821 bits per heavy atom. The maximum atomic E-state index is 6.44. The van der Waals surface area contributed by atoms with Crippen LogP contribution >= 0.6 is 11.3 Å². The van der Waals surface area contributed by atoms with E-state index < -0.39 is 5.41 Å². The van der Waals surface area contributed by atoms with Gasteiger partial charge in [-0.3, -0.25) is 0 Å². The summed E-state index contributed by atoms with van der Waals surface area (Å²) in [6.07, 6.45) is 0. The first-order valence-electron chi connectivity index (χ1n) is 23.3. The largest absolute Gasteiger partial charge is 0.456 e. The third kappa shape index (κ3) is 4.89. The van der Waals surface area contributed by atoms with Gasteiger partial charge in [0.05, 0.1) is 5.41 Å². The van der Waals surface area contributed by atoms with Crippen molar-refractivity contribution in [2.75, 3.05) is 4.90 Å². The summed E-state index contributed by atoms with van der Waals surface area (Å²) in [6.45, 7) is 4.75. The molecule has 3 aliphatic carbocycles. The SMILES string of the molecule is CC1(C)c2ccccc2-c2ccc(N(c3ccc4c(c3)C3(c5ccccc5-c5ccccc5-4)c4ccccc4-c4cc5sc6ccccc6c5cc43)c3ccc4oc5ccccc5c4c3)cc21. The molecule has 3 aliphatic rings. The van der Waals surface area contributed by atoms with Crippen molar-refractivity contribution in [2.24, 2.45) is 0 Å². The smallest absolute Gasteiger partial charge is 0.135 e. The Hall–Kier alpha value is -7.98. The third-order valence-electron chi connectivity index (χ3n) is 15.5. The lowest BCUT2D eigenvalue weighted by molar-refractivity contribution is 0.660. The van der Waals surface area contributed by atoms with Gasteiger partial charge in [-0.2, -0.15) is 0 Å². The number of para-hydroxylation sites is 1. The second-order valence-electron chi connectivity index (χ2n) is 19.1. The van der Waals surface area contributed by atoms with Gasteiger partial charge in [-0.1, -0.05) is 159 Å². The molecule has 67 heavy (non-hydrogen) atoms. The maximum Gasteiger partial charge on any atom is 0.135 e. The van der Waals surface area contributed by atoms with Crippen LogP contribution in [0.25, 0.3) is 86.6 Å². The summed E-state index contributed by atoms with van der Waals surface area (Å²) in [5.74, 6) is 0. The highest BCUT2D eigenvalue weighted by Gasteiger charge is 2.50. The average molecular weight is 872 g/mol. The molecule has 0 fully saturated rings. The quantitative estimate of drug-likeness (QED) is 0.176. The van der Waals surface area contributed by atoms with Gasteiger partial charge < -0.3 is 9.32 Å². The minimum absolute atomic E-state index is 0.169. The van der Waals surface area contributed by atoms with Crippen LogP contribution in [0.1, 0.15) is 47.2 Å². The molecule has 314 valence electrons. The number of furan rings is 1. The van der Waals surface area contributed by atoms with Gasteiger partial charge in [0, 0.05) is 53.4 Å². The molecule has 0 bridgehead atoms. The molecule has 0 saturated carbocycles. The van der Waals surface area contributed by atoms with Crippen molar-refractivity contribution in [1.29, 1.82) is 0 Å². The van der Waals surface area contributed by atoms with Crippen molar-refractivity contribution >= 4 is 70.5 Å². The van der Waals surface area contributed by atoms with Crippen LogP contribution in [0.5, 0.6) is 0 Å². The molecule has 12 aromatic rings. The summed E-state index contributed by atoms with van der Waals surface area (Å²) in [4.78, 5) is 2.49. The van der Waals surface area contributed by atoms with Crippen LogP contribution in [0, 0.1) is 0 Å². The van der Waals surface area contributed by atoms with Crippen LogP contribution in [0.15, 0.2) is 217 Å². The lowest BCUT2D eigenvalue weighted by Gasteiger charge is -2.36. The van der Waals surface area contributed by atoms with Crippen molar-refractivity contribution in [1.82, 2.24) is 0 Å². The zero-order valence-electron chi connectivity index (χ0n) is 37.0. The molecule has 1 unspecified atom stereocenters. The number of thiophene rings is 1. The molecule has 15 rings (SSSR count). The van der Waals surface area contributed by atoms with Gasteiger partial charge in [0.2, 0.25) is 0 Å².